The van der Waals surface area contributed by atoms with Gasteiger partial charge in [-0.15, -0.1) is 0 Å². The van der Waals surface area contributed by atoms with Crippen molar-refractivity contribution in [2.45, 2.75) is 38.9 Å². The molecule has 3 N–H and O–H groups in total. The van der Waals surface area contributed by atoms with Crippen LogP contribution >= 0.6 is 0 Å². The minimum absolute atomic E-state index is 0.0508. The van der Waals surface area contributed by atoms with E-state index < -0.39 is 17.9 Å². The Balaban J connectivity index is 2.19. The van der Waals surface area contributed by atoms with Crippen molar-refractivity contribution in [1.82, 2.24) is 10.2 Å². The fourth-order valence-corrected chi connectivity index (χ4v) is 2.32. The predicted octanol–water partition coefficient (Wildman–Crippen LogP) is 1.50. The summed E-state index contributed by atoms with van der Waals surface area (Å²) in [5, 5.41) is 2.64. The number of nitrogens with one attached hydrogen (secondary N) is 1. The Morgan fingerprint density at radius 3 is 2.75 bits per heavy atom. The number of hydrogen-bond acceptors (Lipinski definition) is 3. The summed E-state index contributed by atoms with van der Waals surface area (Å²) in [5.74, 6) is -0.668. The van der Waals surface area contributed by atoms with Gasteiger partial charge < -0.3 is 11.1 Å². The van der Waals surface area contributed by atoms with Crippen LogP contribution in [0.3, 0.4) is 0 Å². The quantitative estimate of drug-likeness (QED) is 0.802. The second kappa shape index (κ2) is 6.00. The molecule has 1 fully saturated rings. The number of benzene rings is 1. The van der Waals surface area contributed by atoms with Gasteiger partial charge in [0.2, 0.25) is 0 Å². The number of carbonyl (C=O) groups excluding carboxylic acids is 2. The Kier molecular flexibility index (Phi) is 4.34. The molecule has 1 aliphatic heterocycles. The molecule has 0 radical (unpaired) electrons. The topological polar surface area (TPSA) is 75.4 Å². The van der Waals surface area contributed by atoms with E-state index >= 15 is 0 Å². The Bertz CT molecular complexity index is 533. The predicted molar refractivity (Wildman–Crippen MR) is 72.1 cm³/mol. The van der Waals surface area contributed by atoms with Gasteiger partial charge in [0.25, 0.3) is 5.91 Å². The first-order valence-corrected chi connectivity index (χ1v) is 6.66. The van der Waals surface area contributed by atoms with Crippen LogP contribution in [-0.2, 0) is 17.9 Å². The smallest absolute Gasteiger partial charge is 0.325 e. The molecule has 0 aliphatic carbocycles. The van der Waals surface area contributed by atoms with Crippen molar-refractivity contribution >= 4 is 11.9 Å². The zero-order valence-electron chi connectivity index (χ0n) is 11.4. The molecule has 0 spiro atoms. The van der Waals surface area contributed by atoms with E-state index in [4.69, 9.17) is 5.73 Å². The molecule has 1 heterocycles. The van der Waals surface area contributed by atoms with Crippen LogP contribution in [-0.4, -0.2) is 22.9 Å². The first-order chi connectivity index (χ1) is 9.56. The van der Waals surface area contributed by atoms with Gasteiger partial charge in [0.05, 0.1) is 6.54 Å². The van der Waals surface area contributed by atoms with Crippen molar-refractivity contribution in [2.24, 2.45) is 5.73 Å². The number of rotatable bonds is 5. The molecule has 1 aromatic carbocycles. The van der Waals surface area contributed by atoms with Crippen LogP contribution in [0.2, 0.25) is 0 Å². The van der Waals surface area contributed by atoms with E-state index in [1.807, 2.05) is 6.92 Å². The Morgan fingerprint density at radius 1 is 1.35 bits per heavy atom. The lowest BCUT2D eigenvalue weighted by atomic mass is 10.1. The van der Waals surface area contributed by atoms with Crippen molar-refractivity contribution in [3.05, 3.63) is 35.1 Å². The SMILES string of the molecule is CCCC1NC(=O)N(Cc2cc(F)ccc2CN)C1=O. The minimum atomic E-state index is -0.470. The van der Waals surface area contributed by atoms with Gasteiger partial charge in [-0.3, -0.25) is 9.69 Å². The summed E-state index contributed by atoms with van der Waals surface area (Å²) in [6, 6.07) is 3.31. The summed E-state index contributed by atoms with van der Waals surface area (Å²) in [4.78, 5) is 25.1. The minimum Gasteiger partial charge on any atom is -0.326 e. The lowest BCUT2D eigenvalue weighted by Crippen LogP contribution is -2.31. The van der Waals surface area contributed by atoms with Crippen LogP contribution in [0, 0.1) is 5.82 Å². The van der Waals surface area contributed by atoms with Crippen LogP contribution in [0.25, 0.3) is 0 Å². The lowest BCUT2D eigenvalue weighted by molar-refractivity contribution is -0.128. The summed E-state index contributed by atoms with van der Waals surface area (Å²) in [7, 11) is 0. The molecular weight excluding hydrogens is 261 g/mol. The monoisotopic (exact) mass is 279 g/mol. The number of carbonyl (C=O) groups is 2. The van der Waals surface area contributed by atoms with Crippen LogP contribution in [0.15, 0.2) is 18.2 Å². The van der Waals surface area contributed by atoms with Crippen molar-refractivity contribution in [1.29, 1.82) is 0 Å². The highest BCUT2D eigenvalue weighted by atomic mass is 19.1. The molecule has 1 saturated heterocycles. The zero-order chi connectivity index (χ0) is 14.7. The maximum Gasteiger partial charge on any atom is 0.325 e. The lowest BCUT2D eigenvalue weighted by Gasteiger charge is -2.15. The molecule has 1 unspecified atom stereocenters. The summed E-state index contributed by atoms with van der Waals surface area (Å²) >= 11 is 0. The molecule has 1 aliphatic rings. The molecular formula is C14H18FN3O2. The van der Waals surface area contributed by atoms with Gasteiger partial charge in [-0.2, -0.15) is 0 Å². The molecule has 3 amide bonds. The van der Waals surface area contributed by atoms with E-state index in [0.717, 1.165) is 16.9 Å². The summed E-state index contributed by atoms with van der Waals surface area (Å²) in [6.07, 6.45) is 1.41. The number of halogens is 1. The Labute approximate surface area is 116 Å². The normalized spacial score (nSPS) is 18.6. The molecule has 5 nitrogen and oxygen atoms in total. The third-order valence-corrected chi connectivity index (χ3v) is 3.40. The number of nitrogens with two attached hydrogens (primary N) is 1. The molecule has 1 atom stereocenters. The second-order valence-corrected chi connectivity index (χ2v) is 4.83. The first-order valence-electron chi connectivity index (χ1n) is 6.66. The molecule has 0 saturated carbocycles. The molecule has 0 aromatic heterocycles. The van der Waals surface area contributed by atoms with E-state index in [2.05, 4.69) is 5.32 Å². The molecule has 108 valence electrons. The highest BCUT2D eigenvalue weighted by molar-refractivity contribution is 6.04. The van der Waals surface area contributed by atoms with E-state index in [1.54, 1.807) is 6.07 Å². The largest absolute Gasteiger partial charge is 0.326 e. The third kappa shape index (κ3) is 2.80. The van der Waals surface area contributed by atoms with E-state index in [9.17, 15) is 14.0 Å². The second-order valence-electron chi connectivity index (χ2n) is 4.83. The molecule has 1 aromatic rings. The fourth-order valence-electron chi connectivity index (χ4n) is 2.32. The van der Waals surface area contributed by atoms with E-state index in [-0.39, 0.29) is 19.0 Å². The number of hydrogen-bond donors (Lipinski definition) is 2. The summed E-state index contributed by atoms with van der Waals surface area (Å²) in [5.41, 5.74) is 6.88. The van der Waals surface area contributed by atoms with Crippen molar-refractivity contribution in [3.63, 3.8) is 0 Å². The first kappa shape index (κ1) is 14.5. The summed E-state index contributed by atoms with van der Waals surface area (Å²) in [6.45, 7) is 2.23. The van der Waals surface area contributed by atoms with Crippen LogP contribution in [0.4, 0.5) is 9.18 Å². The highest BCUT2D eigenvalue weighted by Gasteiger charge is 2.37. The average molecular weight is 279 g/mol. The molecule has 6 heteroatoms. The zero-order valence-corrected chi connectivity index (χ0v) is 11.4. The molecule has 0 bridgehead atoms. The van der Waals surface area contributed by atoms with Gasteiger partial charge in [-0.25, -0.2) is 9.18 Å². The van der Waals surface area contributed by atoms with Crippen molar-refractivity contribution in [2.75, 3.05) is 0 Å². The number of imide groups is 1. The third-order valence-electron chi connectivity index (χ3n) is 3.40. The van der Waals surface area contributed by atoms with Crippen molar-refractivity contribution in [3.8, 4) is 0 Å². The van der Waals surface area contributed by atoms with Crippen molar-refractivity contribution < 1.29 is 14.0 Å². The van der Waals surface area contributed by atoms with Gasteiger partial charge in [0.1, 0.15) is 11.9 Å². The molecule has 20 heavy (non-hydrogen) atoms. The van der Waals surface area contributed by atoms with Crippen LogP contribution in [0.5, 0.6) is 0 Å². The van der Waals surface area contributed by atoms with Crippen LogP contribution < -0.4 is 11.1 Å². The Hall–Kier alpha value is -1.95. The fraction of sp³-hybridized carbons (Fsp3) is 0.429. The highest BCUT2D eigenvalue weighted by Crippen LogP contribution is 2.18. The average Bonchev–Trinajstić information content (AvgIpc) is 2.67. The van der Waals surface area contributed by atoms with Crippen LogP contribution in [0.1, 0.15) is 30.9 Å². The van der Waals surface area contributed by atoms with Gasteiger partial charge >= 0.3 is 6.03 Å². The standard InChI is InChI=1S/C14H18FN3O2/c1-2-3-12-13(19)18(14(20)17-12)8-10-6-11(15)5-4-9(10)7-16/h4-6,12H,2-3,7-8,16H2,1H3,(H,17,20). The van der Waals surface area contributed by atoms with E-state index in [1.165, 1.54) is 12.1 Å². The number of urea groups is 1. The molecule has 2 rings (SSSR count). The number of amides is 3. The maximum absolute atomic E-state index is 13.3. The Morgan fingerprint density at radius 2 is 2.10 bits per heavy atom. The maximum atomic E-state index is 13.3. The van der Waals surface area contributed by atoms with Gasteiger partial charge in [0.15, 0.2) is 0 Å². The number of nitrogens with zero attached hydrogens (tertiary/aromatic N) is 1. The van der Waals surface area contributed by atoms with Gasteiger partial charge in [-0.1, -0.05) is 19.4 Å². The summed E-state index contributed by atoms with van der Waals surface area (Å²) < 4.78 is 13.3. The van der Waals surface area contributed by atoms with Gasteiger partial charge in [-0.05, 0) is 29.7 Å². The van der Waals surface area contributed by atoms with E-state index in [0.29, 0.717) is 12.0 Å². The van der Waals surface area contributed by atoms with Gasteiger partial charge in [0, 0.05) is 6.54 Å².